The van der Waals surface area contributed by atoms with E-state index in [4.69, 9.17) is 9.47 Å². The predicted octanol–water partition coefficient (Wildman–Crippen LogP) is 4.18. The summed E-state index contributed by atoms with van der Waals surface area (Å²) in [6.45, 7) is 6.53. The van der Waals surface area contributed by atoms with Gasteiger partial charge in [0.25, 0.3) is 0 Å². The standard InChI is InChI=1S/C16H22O2/c1-10(2)13-9-14(17-4)15-11(3)7-6-8-12(15)16(13)18-5/h7,9-10H,6,8H2,1-5H3. The lowest BCUT2D eigenvalue weighted by molar-refractivity contribution is 0.390. The summed E-state index contributed by atoms with van der Waals surface area (Å²) >= 11 is 0. The first-order chi connectivity index (χ1) is 8.60. The van der Waals surface area contributed by atoms with E-state index in [0.717, 1.165) is 24.3 Å². The van der Waals surface area contributed by atoms with Crippen LogP contribution in [0.1, 0.15) is 49.8 Å². The Balaban J connectivity index is 2.74. The van der Waals surface area contributed by atoms with Crippen molar-refractivity contribution in [1.29, 1.82) is 0 Å². The molecule has 2 nitrogen and oxygen atoms in total. The Morgan fingerprint density at radius 3 is 2.44 bits per heavy atom. The normalized spacial score (nSPS) is 14.2. The van der Waals surface area contributed by atoms with Crippen LogP contribution in [0.25, 0.3) is 5.57 Å². The minimum atomic E-state index is 0.436. The zero-order valence-corrected chi connectivity index (χ0v) is 12.0. The topological polar surface area (TPSA) is 18.5 Å². The molecule has 98 valence electrons. The minimum absolute atomic E-state index is 0.436. The molecule has 0 amide bonds. The van der Waals surface area contributed by atoms with Crippen LogP contribution < -0.4 is 9.47 Å². The summed E-state index contributed by atoms with van der Waals surface area (Å²) in [4.78, 5) is 0. The molecule has 0 bridgehead atoms. The molecule has 2 heteroatoms. The Hall–Kier alpha value is -1.44. The molecule has 0 saturated heterocycles. The Labute approximate surface area is 110 Å². The smallest absolute Gasteiger partial charge is 0.127 e. The first-order valence-electron chi connectivity index (χ1n) is 6.55. The summed E-state index contributed by atoms with van der Waals surface area (Å²) in [6.07, 6.45) is 4.39. The maximum atomic E-state index is 5.67. The average Bonchev–Trinajstić information content (AvgIpc) is 2.36. The van der Waals surface area contributed by atoms with E-state index in [1.54, 1.807) is 14.2 Å². The summed E-state index contributed by atoms with van der Waals surface area (Å²) in [7, 11) is 3.51. The van der Waals surface area contributed by atoms with E-state index in [2.05, 4.69) is 32.9 Å². The van der Waals surface area contributed by atoms with E-state index in [1.165, 1.54) is 22.3 Å². The van der Waals surface area contributed by atoms with Gasteiger partial charge in [-0.2, -0.15) is 0 Å². The molecule has 0 spiro atoms. The van der Waals surface area contributed by atoms with Gasteiger partial charge < -0.3 is 9.47 Å². The molecular formula is C16H22O2. The summed E-state index contributed by atoms with van der Waals surface area (Å²) in [5.74, 6) is 2.46. The Morgan fingerprint density at radius 1 is 1.17 bits per heavy atom. The van der Waals surface area contributed by atoms with Gasteiger partial charge in [-0.05, 0) is 37.3 Å². The molecule has 0 saturated carbocycles. The third-order valence-corrected chi connectivity index (χ3v) is 3.66. The molecule has 0 unspecified atom stereocenters. The molecule has 1 aliphatic rings. The van der Waals surface area contributed by atoms with Crippen molar-refractivity contribution < 1.29 is 9.47 Å². The second-order valence-corrected chi connectivity index (χ2v) is 5.14. The molecule has 0 N–H and O–H groups in total. The Bertz CT molecular complexity index is 484. The monoisotopic (exact) mass is 246 g/mol. The summed E-state index contributed by atoms with van der Waals surface area (Å²) in [5.41, 5.74) is 5.06. The van der Waals surface area contributed by atoms with Gasteiger partial charge in [-0.1, -0.05) is 19.9 Å². The van der Waals surface area contributed by atoms with Crippen molar-refractivity contribution >= 4 is 5.57 Å². The van der Waals surface area contributed by atoms with Crippen molar-refractivity contribution in [3.05, 3.63) is 28.8 Å². The van der Waals surface area contributed by atoms with Crippen LogP contribution in [0.2, 0.25) is 0 Å². The highest BCUT2D eigenvalue weighted by atomic mass is 16.5. The number of hydrogen-bond donors (Lipinski definition) is 0. The van der Waals surface area contributed by atoms with Gasteiger partial charge >= 0.3 is 0 Å². The first-order valence-corrected chi connectivity index (χ1v) is 6.55. The van der Waals surface area contributed by atoms with Crippen molar-refractivity contribution in [3.8, 4) is 11.5 Å². The van der Waals surface area contributed by atoms with Gasteiger partial charge in [-0.15, -0.1) is 0 Å². The highest BCUT2D eigenvalue weighted by Crippen LogP contribution is 2.43. The van der Waals surface area contributed by atoms with Crippen LogP contribution in [0.15, 0.2) is 12.1 Å². The number of rotatable bonds is 3. The summed E-state index contributed by atoms with van der Waals surface area (Å²) in [5, 5.41) is 0. The van der Waals surface area contributed by atoms with Crippen molar-refractivity contribution in [1.82, 2.24) is 0 Å². The van der Waals surface area contributed by atoms with E-state index in [-0.39, 0.29) is 0 Å². The second kappa shape index (κ2) is 5.05. The van der Waals surface area contributed by atoms with Crippen LogP contribution >= 0.6 is 0 Å². The Morgan fingerprint density at radius 2 is 1.89 bits per heavy atom. The van der Waals surface area contributed by atoms with Crippen LogP contribution in [0.3, 0.4) is 0 Å². The molecule has 0 radical (unpaired) electrons. The lowest BCUT2D eigenvalue weighted by Gasteiger charge is -2.24. The first kappa shape index (κ1) is 13.0. The molecule has 0 heterocycles. The molecule has 0 aromatic heterocycles. The fourth-order valence-electron chi connectivity index (χ4n) is 2.75. The molecule has 18 heavy (non-hydrogen) atoms. The van der Waals surface area contributed by atoms with Gasteiger partial charge in [0.1, 0.15) is 11.5 Å². The zero-order valence-electron chi connectivity index (χ0n) is 12.0. The van der Waals surface area contributed by atoms with Crippen LogP contribution in [0.4, 0.5) is 0 Å². The number of benzene rings is 1. The molecule has 1 aromatic carbocycles. The van der Waals surface area contributed by atoms with E-state index < -0.39 is 0 Å². The van der Waals surface area contributed by atoms with Crippen LogP contribution in [-0.4, -0.2) is 14.2 Å². The van der Waals surface area contributed by atoms with Gasteiger partial charge in [-0.25, -0.2) is 0 Å². The van der Waals surface area contributed by atoms with Gasteiger partial charge in [-0.3, -0.25) is 0 Å². The largest absolute Gasteiger partial charge is 0.496 e. The molecule has 0 atom stereocenters. The van der Waals surface area contributed by atoms with Crippen LogP contribution in [0.5, 0.6) is 11.5 Å². The van der Waals surface area contributed by atoms with Gasteiger partial charge in [0, 0.05) is 16.7 Å². The molecule has 1 aromatic rings. The van der Waals surface area contributed by atoms with Gasteiger partial charge in [0.05, 0.1) is 14.2 Å². The number of hydrogen-bond acceptors (Lipinski definition) is 2. The van der Waals surface area contributed by atoms with Crippen LogP contribution in [0, 0.1) is 0 Å². The number of ether oxygens (including phenoxy) is 2. The highest BCUT2D eigenvalue weighted by Gasteiger charge is 2.23. The Kier molecular flexibility index (Phi) is 3.65. The predicted molar refractivity (Wildman–Crippen MR) is 75.6 cm³/mol. The van der Waals surface area contributed by atoms with E-state index >= 15 is 0 Å². The summed E-state index contributed by atoms with van der Waals surface area (Å²) < 4.78 is 11.2. The average molecular weight is 246 g/mol. The maximum Gasteiger partial charge on any atom is 0.127 e. The molecule has 0 aliphatic heterocycles. The van der Waals surface area contributed by atoms with Gasteiger partial charge in [0.15, 0.2) is 0 Å². The van der Waals surface area contributed by atoms with E-state index in [0.29, 0.717) is 5.92 Å². The second-order valence-electron chi connectivity index (χ2n) is 5.14. The van der Waals surface area contributed by atoms with E-state index in [1.807, 2.05) is 0 Å². The third-order valence-electron chi connectivity index (χ3n) is 3.66. The number of methoxy groups -OCH3 is 2. The molecule has 2 rings (SSSR count). The van der Waals surface area contributed by atoms with Crippen molar-refractivity contribution in [2.24, 2.45) is 0 Å². The van der Waals surface area contributed by atoms with Crippen LogP contribution in [-0.2, 0) is 6.42 Å². The molecule has 1 aliphatic carbocycles. The molecule has 0 fully saturated rings. The molecular weight excluding hydrogens is 224 g/mol. The quantitative estimate of drug-likeness (QED) is 0.796. The lowest BCUT2D eigenvalue weighted by atomic mass is 9.86. The third kappa shape index (κ3) is 2.00. The fraction of sp³-hybridized carbons (Fsp3) is 0.500. The van der Waals surface area contributed by atoms with E-state index in [9.17, 15) is 0 Å². The SMILES string of the molecule is COc1cc(C(C)C)c(OC)c2c1C(C)=CCC2. The maximum absolute atomic E-state index is 5.67. The van der Waals surface area contributed by atoms with Crippen molar-refractivity contribution in [3.63, 3.8) is 0 Å². The van der Waals surface area contributed by atoms with Crippen molar-refractivity contribution in [2.75, 3.05) is 14.2 Å². The minimum Gasteiger partial charge on any atom is -0.496 e. The number of fused-ring (bicyclic) bond motifs is 1. The summed E-state index contributed by atoms with van der Waals surface area (Å²) in [6, 6.07) is 2.13. The number of allylic oxidation sites excluding steroid dienone is 2. The zero-order chi connectivity index (χ0) is 13.3. The highest BCUT2D eigenvalue weighted by molar-refractivity contribution is 5.77. The fourth-order valence-corrected chi connectivity index (χ4v) is 2.75. The lowest BCUT2D eigenvalue weighted by Crippen LogP contribution is -2.07. The van der Waals surface area contributed by atoms with Gasteiger partial charge in [0.2, 0.25) is 0 Å². The van der Waals surface area contributed by atoms with Crippen molar-refractivity contribution in [2.45, 2.75) is 39.5 Å².